The third-order valence-corrected chi connectivity index (χ3v) is 8.20. The maximum absolute atomic E-state index is 14.6. The molecule has 4 aromatic rings. The van der Waals surface area contributed by atoms with Crippen molar-refractivity contribution in [3.8, 4) is 22.9 Å². The number of ether oxygens (including phenoxy) is 2. The van der Waals surface area contributed by atoms with Crippen molar-refractivity contribution in [1.82, 2.24) is 20.3 Å². The summed E-state index contributed by atoms with van der Waals surface area (Å²) in [4.78, 5) is 24.9. The summed E-state index contributed by atoms with van der Waals surface area (Å²) in [6, 6.07) is 9.58. The average Bonchev–Trinajstić information content (AvgIpc) is 3.09. The predicted molar refractivity (Wildman–Crippen MR) is 139 cm³/mol. The molecule has 0 aliphatic carbocycles. The average molecular weight is 591 g/mol. The maximum Gasteiger partial charge on any atom is 0.251 e. The van der Waals surface area contributed by atoms with E-state index in [1.165, 1.54) is 25.4 Å². The summed E-state index contributed by atoms with van der Waals surface area (Å²) < 4.78 is 90.6. The summed E-state index contributed by atoms with van der Waals surface area (Å²) in [5.41, 5.74) is -1.02. The predicted octanol–water partition coefficient (Wildman–Crippen LogP) is 4.60. The fraction of sp³-hybridized carbons (Fsp3) is 0.259. The third kappa shape index (κ3) is 5.51. The number of sulfone groups is 1. The summed E-state index contributed by atoms with van der Waals surface area (Å²) in [5.74, 6) is -2.48. The minimum absolute atomic E-state index is 0.0615. The lowest BCUT2D eigenvalue weighted by molar-refractivity contribution is 0.0949. The van der Waals surface area contributed by atoms with E-state index in [4.69, 9.17) is 9.47 Å². The van der Waals surface area contributed by atoms with Gasteiger partial charge in [0.05, 0.1) is 48.4 Å². The Labute approximate surface area is 231 Å². The Balaban J connectivity index is 1.38. The van der Waals surface area contributed by atoms with Gasteiger partial charge in [-0.1, -0.05) is 0 Å². The molecule has 2 atom stereocenters. The number of amides is 1. The minimum atomic E-state index is -4.55. The number of rotatable bonds is 7. The van der Waals surface area contributed by atoms with Crippen LogP contribution in [0.2, 0.25) is 0 Å². The summed E-state index contributed by atoms with van der Waals surface area (Å²) >= 11 is 0. The minimum Gasteiger partial charge on any atom is -0.489 e. The van der Waals surface area contributed by atoms with Crippen LogP contribution in [0.15, 0.2) is 53.6 Å². The van der Waals surface area contributed by atoms with Crippen LogP contribution in [0.1, 0.15) is 34.3 Å². The first-order valence-corrected chi connectivity index (χ1v) is 13.8. The topological polar surface area (TPSA) is 120 Å². The number of benzene rings is 1. The number of hydrogen-bond donors (Lipinski definition) is 1. The van der Waals surface area contributed by atoms with Crippen molar-refractivity contribution in [2.24, 2.45) is 0 Å². The number of hydrogen-bond acceptors (Lipinski definition) is 8. The van der Waals surface area contributed by atoms with E-state index in [0.29, 0.717) is 27.9 Å². The number of nitrogens with zero attached hydrogens (tertiary/aromatic N) is 3. The number of pyridine rings is 3. The Bertz CT molecular complexity index is 1760. The molecule has 214 valence electrons. The molecule has 0 fully saturated rings. The molecule has 41 heavy (non-hydrogen) atoms. The van der Waals surface area contributed by atoms with E-state index in [-0.39, 0.29) is 30.3 Å². The van der Waals surface area contributed by atoms with E-state index in [0.717, 1.165) is 12.1 Å². The van der Waals surface area contributed by atoms with Crippen molar-refractivity contribution in [2.45, 2.75) is 29.5 Å². The first kappa shape index (κ1) is 28.2. The Morgan fingerprint density at radius 3 is 2.76 bits per heavy atom. The molecule has 1 amide bonds. The molecule has 0 saturated carbocycles. The third-order valence-electron chi connectivity index (χ3n) is 6.37. The van der Waals surface area contributed by atoms with Gasteiger partial charge in [0.25, 0.3) is 5.91 Å². The van der Waals surface area contributed by atoms with E-state index in [9.17, 15) is 30.8 Å². The van der Waals surface area contributed by atoms with E-state index in [1.54, 1.807) is 18.2 Å². The molecule has 1 aromatic carbocycles. The Hall–Kier alpha value is -4.33. The monoisotopic (exact) mass is 590 g/mol. The molecule has 1 aliphatic rings. The van der Waals surface area contributed by atoms with Crippen molar-refractivity contribution < 1.29 is 40.2 Å². The fourth-order valence-corrected chi connectivity index (χ4v) is 5.62. The molecule has 0 spiro atoms. The number of halogens is 4. The zero-order valence-electron chi connectivity index (χ0n) is 21.4. The molecular weight excluding hydrogens is 568 g/mol. The summed E-state index contributed by atoms with van der Waals surface area (Å²) in [6.07, 6.45) is -0.825. The second-order valence-corrected chi connectivity index (χ2v) is 11.1. The van der Waals surface area contributed by atoms with Gasteiger partial charge in [0.15, 0.2) is 17.7 Å². The standard InChI is InChI=1S/C27H22F4N4O5S/c1-39-27-17(3-5-21(35-27)19(30)11-28)20-4-2-14-12-32-16(10-22(14)34-20)13-33-26(36)15-8-18(29)25-23(9-15)41(37,38)24(31)6-7-40-25/h2-5,8-10,12,19,24H,6-7,11,13H2,1H3,(H,33,36)/t19-,24-/m1/s1. The van der Waals surface area contributed by atoms with Crippen molar-refractivity contribution in [3.05, 3.63) is 71.4 Å². The van der Waals surface area contributed by atoms with Crippen molar-refractivity contribution in [1.29, 1.82) is 0 Å². The SMILES string of the molecule is COc1nc([C@H](F)CF)ccc1-c1ccc2cnc(CNC(=O)c3cc(F)c4c(c3)S(=O)(=O)[C@@H](F)CCO4)cc2n1. The lowest BCUT2D eigenvalue weighted by Gasteiger charge is -2.12. The van der Waals surface area contributed by atoms with Gasteiger partial charge in [-0.2, -0.15) is 0 Å². The molecule has 14 heteroatoms. The second-order valence-electron chi connectivity index (χ2n) is 9.04. The molecule has 9 nitrogen and oxygen atoms in total. The molecule has 1 N–H and O–H groups in total. The fourth-order valence-electron chi connectivity index (χ4n) is 4.23. The van der Waals surface area contributed by atoms with Crippen LogP contribution in [0.4, 0.5) is 17.6 Å². The Morgan fingerprint density at radius 1 is 1.20 bits per heavy atom. The second kappa shape index (κ2) is 11.3. The number of carbonyl (C=O) groups is 1. The van der Waals surface area contributed by atoms with Crippen LogP contribution in [0.3, 0.4) is 0 Å². The maximum atomic E-state index is 14.6. The molecule has 1 aliphatic heterocycles. The number of nitrogens with one attached hydrogen (secondary N) is 1. The largest absolute Gasteiger partial charge is 0.489 e. The molecule has 5 rings (SSSR count). The van der Waals surface area contributed by atoms with E-state index in [1.807, 2.05) is 0 Å². The van der Waals surface area contributed by atoms with Gasteiger partial charge in [-0.25, -0.2) is 35.9 Å². The number of methoxy groups -OCH3 is 1. The van der Waals surface area contributed by atoms with E-state index >= 15 is 0 Å². The van der Waals surface area contributed by atoms with Crippen LogP contribution in [0.25, 0.3) is 22.2 Å². The highest BCUT2D eigenvalue weighted by Crippen LogP contribution is 2.35. The van der Waals surface area contributed by atoms with E-state index < -0.39 is 57.0 Å². The first-order chi connectivity index (χ1) is 19.6. The van der Waals surface area contributed by atoms with Gasteiger partial charge in [0.1, 0.15) is 11.6 Å². The lowest BCUT2D eigenvalue weighted by atomic mass is 10.1. The van der Waals surface area contributed by atoms with Crippen LogP contribution < -0.4 is 14.8 Å². The van der Waals surface area contributed by atoms with Gasteiger partial charge in [-0.15, -0.1) is 0 Å². The summed E-state index contributed by atoms with van der Waals surface area (Å²) in [7, 11) is -3.20. The normalized spacial score (nSPS) is 16.8. The smallest absolute Gasteiger partial charge is 0.251 e. The summed E-state index contributed by atoms with van der Waals surface area (Å²) in [5, 5.41) is 3.19. The number of alkyl halides is 3. The molecule has 4 heterocycles. The van der Waals surface area contributed by atoms with Gasteiger partial charge < -0.3 is 14.8 Å². The lowest BCUT2D eigenvalue weighted by Crippen LogP contribution is -2.24. The number of fused-ring (bicyclic) bond motifs is 2. The quantitative estimate of drug-likeness (QED) is 0.310. The van der Waals surface area contributed by atoms with Crippen LogP contribution in [-0.4, -0.2) is 55.2 Å². The molecular formula is C27H22F4N4O5S. The highest BCUT2D eigenvalue weighted by atomic mass is 32.2. The van der Waals surface area contributed by atoms with Crippen LogP contribution in [0.5, 0.6) is 11.6 Å². The van der Waals surface area contributed by atoms with Crippen molar-refractivity contribution in [3.63, 3.8) is 0 Å². The molecule has 3 aromatic heterocycles. The highest BCUT2D eigenvalue weighted by Gasteiger charge is 2.35. The molecule has 0 bridgehead atoms. The Kier molecular flexibility index (Phi) is 7.76. The molecule has 0 radical (unpaired) electrons. The number of carbonyl (C=O) groups excluding carboxylic acids is 1. The van der Waals surface area contributed by atoms with Gasteiger partial charge in [-0.3, -0.25) is 9.78 Å². The van der Waals surface area contributed by atoms with Crippen LogP contribution in [0, 0.1) is 5.82 Å². The zero-order chi connectivity index (χ0) is 29.3. The van der Waals surface area contributed by atoms with Crippen LogP contribution >= 0.6 is 0 Å². The van der Waals surface area contributed by atoms with Gasteiger partial charge in [0, 0.05) is 23.6 Å². The molecule has 0 unspecified atom stereocenters. The summed E-state index contributed by atoms with van der Waals surface area (Å²) in [6.45, 7) is -1.68. The van der Waals surface area contributed by atoms with Crippen molar-refractivity contribution >= 4 is 26.6 Å². The van der Waals surface area contributed by atoms with Crippen LogP contribution in [-0.2, 0) is 16.4 Å². The highest BCUT2D eigenvalue weighted by molar-refractivity contribution is 7.92. The van der Waals surface area contributed by atoms with Gasteiger partial charge >= 0.3 is 0 Å². The van der Waals surface area contributed by atoms with Gasteiger partial charge in [0.2, 0.25) is 21.2 Å². The van der Waals surface area contributed by atoms with E-state index in [2.05, 4.69) is 20.3 Å². The molecule has 0 saturated heterocycles. The van der Waals surface area contributed by atoms with Crippen molar-refractivity contribution in [2.75, 3.05) is 20.4 Å². The van der Waals surface area contributed by atoms with Gasteiger partial charge in [-0.05, 0) is 42.5 Å². The first-order valence-electron chi connectivity index (χ1n) is 12.3. The number of aromatic nitrogens is 3. The Morgan fingerprint density at radius 2 is 2.00 bits per heavy atom. The zero-order valence-corrected chi connectivity index (χ0v) is 22.2.